The first-order valence-electron chi connectivity index (χ1n) is 11.9. The molecule has 0 heterocycles. The summed E-state index contributed by atoms with van der Waals surface area (Å²) < 4.78 is 0. The van der Waals surface area contributed by atoms with E-state index in [-0.39, 0.29) is 0 Å². The topological polar surface area (TPSA) is 0 Å². The van der Waals surface area contributed by atoms with Crippen molar-refractivity contribution in [3.05, 3.63) is 132 Å². The van der Waals surface area contributed by atoms with Crippen LogP contribution in [0, 0.1) is 0 Å². The van der Waals surface area contributed by atoms with E-state index < -0.39 is 0 Å². The van der Waals surface area contributed by atoms with Crippen molar-refractivity contribution in [3.63, 3.8) is 0 Å². The average molecular weight is 465 g/mol. The van der Waals surface area contributed by atoms with Crippen molar-refractivity contribution in [1.82, 2.24) is 0 Å². The summed E-state index contributed by atoms with van der Waals surface area (Å²) in [6, 6.07) is 45.6. The Kier molecular flexibility index (Phi) is 4.62. The molecule has 0 saturated carbocycles. The fraction of sp³-hybridized carbons (Fsp3) is 0. The SMILES string of the molecule is Clc1ccc(-c2ccc3c(ccc4ccccc43)c2)c(-c2cc3ccccc3c3ccccc23)c1. The van der Waals surface area contributed by atoms with Gasteiger partial charge in [0, 0.05) is 5.02 Å². The minimum Gasteiger partial charge on any atom is -0.0843 e. The van der Waals surface area contributed by atoms with Crippen LogP contribution in [-0.4, -0.2) is 0 Å². The van der Waals surface area contributed by atoms with Crippen LogP contribution < -0.4 is 0 Å². The Balaban J connectivity index is 1.51. The lowest BCUT2D eigenvalue weighted by Gasteiger charge is -2.16. The first kappa shape index (κ1) is 20.3. The summed E-state index contributed by atoms with van der Waals surface area (Å²) >= 11 is 6.58. The van der Waals surface area contributed by atoms with Crippen LogP contribution in [-0.2, 0) is 0 Å². The van der Waals surface area contributed by atoms with Gasteiger partial charge in [-0.15, -0.1) is 0 Å². The summed E-state index contributed by atoms with van der Waals surface area (Å²) in [5.74, 6) is 0. The highest BCUT2D eigenvalue weighted by Crippen LogP contribution is 2.41. The standard InChI is InChI=1S/C34H21Cl/c35-26-16-18-30(25-15-17-29-24(19-25)14-13-22-7-1-3-9-27(22)29)34(21-26)33-20-23-8-2-4-10-28(23)31-11-5-6-12-32(31)33/h1-21H. The van der Waals surface area contributed by atoms with Crippen molar-refractivity contribution < 1.29 is 0 Å². The number of rotatable bonds is 2. The van der Waals surface area contributed by atoms with Gasteiger partial charge in [0.25, 0.3) is 0 Å². The van der Waals surface area contributed by atoms with Crippen molar-refractivity contribution in [2.75, 3.05) is 0 Å². The molecule has 0 saturated heterocycles. The smallest absolute Gasteiger partial charge is 0.0412 e. The summed E-state index contributed by atoms with van der Waals surface area (Å²) in [4.78, 5) is 0. The monoisotopic (exact) mass is 464 g/mol. The number of halogens is 1. The van der Waals surface area contributed by atoms with Crippen molar-refractivity contribution in [2.24, 2.45) is 0 Å². The Bertz CT molecular complexity index is 1910. The van der Waals surface area contributed by atoms with Gasteiger partial charge in [0.2, 0.25) is 0 Å². The molecule has 0 bridgehead atoms. The summed E-state index contributed by atoms with van der Waals surface area (Å²) in [7, 11) is 0. The van der Waals surface area contributed by atoms with E-state index in [1.165, 1.54) is 59.8 Å². The number of fused-ring (bicyclic) bond motifs is 6. The van der Waals surface area contributed by atoms with Crippen molar-refractivity contribution in [1.29, 1.82) is 0 Å². The molecule has 164 valence electrons. The van der Waals surface area contributed by atoms with E-state index in [0.717, 1.165) is 10.6 Å². The van der Waals surface area contributed by atoms with Crippen LogP contribution in [0.4, 0.5) is 0 Å². The van der Waals surface area contributed by atoms with Crippen LogP contribution >= 0.6 is 11.6 Å². The molecule has 1 heteroatoms. The van der Waals surface area contributed by atoms with Gasteiger partial charge in [0.05, 0.1) is 0 Å². The molecule has 35 heavy (non-hydrogen) atoms. The zero-order chi connectivity index (χ0) is 23.4. The molecule has 0 atom stereocenters. The van der Waals surface area contributed by atoms with E-state index >= 15 is 0 Å². The highest BCUT2D eigenvalue weighted by atomic mass is 35.5. The highest BCUT2D eigenvalue weighted by Gasteiger charge is 2.14. The lowest BCUT2D eigenvalue weighted by Crippen LogP contribution is -1.89. The van der Waals surface area contributed by atoms with Gasteiger partial charge in [-0.05, 0) is 89.6 Å². The van der Waals surface area contributed by atoms with Gasteiger partial charge in [-0.3, -0.25) is 0 Å². The van der Waals surface area contributed by atoms with E-state index in [2.05, 4.69) is 121 Å². The third-order valence-electron chi connectivity index (χ3n) is 7.10. The van der Waals surface area contributed by atoms with Gasteiger partial charge in [-0.25, -0.2) is 0 Å². The van der Waals surface area contributed by atoms with Gasteiger partial charge in [-0.1, -0.05) is 115 Å². The van der Waals surface area contributed by atoms with Crippen LogP contribution in [0.2, 0.25) is 5.02 Å². The zero-order valence-corrected chi connectivity index (χ0v) is 19.8. The van der Waals surface area contributed by atoms with Crippen LogP contribution in [0.25, 0.3) is 65.3 Å². The number of benzene rings is 7. The minimum atomic E-state index is 0.743. The Morgan fingerprint density at radius 2 is 0.943 bits per heavy atom. The van der Waals surface area contributed by atoms with Gasteiger partial charge in [0.15, 0.2) is 0 Å². The largest absolute Gasteiger partial charge is 0.0843 e. The van der Waals surface area contributed by atoms with E-state index in [9.17, 15) is 0 Å². The van der Waals surface area contributed by atoms with E-state index in [0.29, 0.717) is 0 Å². The summed E-state index contributed by atoms with van der Waals surface area (Å²) in [5.41, 5.74) is 4.73. The first-order chi connectivity index (χ1) is 17.3. The van der Waals surface area contributed by atoms with E-state index in [4.69, 9.17) is 11.6 Å². The molecule has 0 aliphatic heterocycles. The predicted molar refractivity (Wildman–Crippen MR) is 152 cm³/mol. The summed E-state index contributed by atoms with van der Waals surface area (Å²) in [6.45, 7) is 0. The molecule has 0 spiro atoms. The molecule has 7 rings (SSSR count). The zero-order valence-electron chi connectivity index (χ0n) is 19.0. The molecule has 7 aromatic carbocycles. The Hall–Kier alpha value is -4.13. The quantitative estimate of drug-likeness (QED) is 0.223. The normalized spacial score (nSPS) is 11.6. The van der Waals surface area contributed by atoms with Crippen molar-refractivity contribution in [2.45, 2.75) is 0 Å². The van der Waals surface area contributed by atoms with Gasteiger partial charge in [-0.2, -0.15) is 0 Å². The van der Waals surface area contributed by atoms with E-state index in [1.54, 1.807) is 0 Å². The Morgan fingerprint density at radius 3 is 1.77 bits per heavy atom. The summed E-state index contributed by atoms with van der Waals surface area (Å²) in [6.07, 6.45) is 0. The molecule has 0 aromatic heterocycles. The molecule has 0 fully saturated rings. The van der Waals surface area contributed by atoms with Gasteiger partial charge >= 0.3 is 0 Å². The van der Waals surface area contributed by atoms with Gasteiger partial charge < -0.3 is 0 Å². The van der Waals surface area contributed by atoms with Crippen molar-refractivity contribution >= 4 is 54.7 Å². The lowest BCUT2D eigenvalue weighted by molar-refractivity contribution is 1.62. The molecule has 0 unspecified atom stereocenters. The second-order valence-electron chi connectivity index (χ2n) is 9.10. The second kappa shape index (κ2) is 7.98. The van der Waals surface area contributed by atoms with E-state index in [1.807, 2.05) is 6.07 Å². The number of hydrogen-bond donors (Lipinski definition) is 0. The molecule has 0 radical (unpaired) electrons. The first-order valence-corrected chi connectivity index (χ1v) is 12.3. The molecule has 0 amide bonds. The molecule has 0 aliphatic carbocycles. The van der Waals surface area contributed by atoms with Crippen LogP contribution in [0.3, 0.4) is 0 Å². The van der Waals surface area contributed by atoms with Crippen molar-refractivity contribution in [3.8, 4) is 22.3 Å². The Labute approximate surface area is 209 Å². The summed E-state index contributed by atoms with van der Waals surface area (Å²) in [5, 5.41) is 10.8. The molecular formula is C34H21Cl. The number of hydrogen-bond acceptors (Lipinski definition) is 0. The maximum Gasteiger partial charge on any atom is 0.0412 e. The molecular weight excluding hydrogens is 444 g/mol. The lowest BCUT2D eigenvalue weighted by atomic mass is 9.88. The highest BCUT2D eigenvalue weighted by molar-refractivity contribution is 6.31. The molecule has 0 N–H and O–H groups in total. The third-order valence-corrected chi connectivity index (χ3v) is 7.33. The van der Waals surface area contributed by atoms with Crippen LogP contribution in [0.5, 0.6) is 0 Å². The maximum atomic E-state index is 6.58. The fourth-order valence-corrected chi connectivity index (χ4v) is 5.62. The maximum absolute atomic E-state index is 6.58. The third kappa shape index (κ3) is 3.30. The Morgan fingerprint density at radius 1 is 0.343 bits per heavy atom. The molecule has 0 aliphatic rings. The second-order valence-corrected chi connectivity index (χ2v) is 9.54. The van der Waals surface area contributed by atoms with Gasteiger partial charge in [0.1, 0.15) is 0 Å². The van der Waals surface area contributed by atoms with Crippen LogP contribution in [0.1, 0.15) is 0 Å². The minimum absolute atomic E-state index is 0.743. The average Bonchev–Trinajstić information content (AvgIpc) is 2.92. The van der Waals surface area contributed by atoms with Crippen LogP contribution in [0.15, 0.2) is 127 Å². The predicted octanol–water partition coefficient (Wildman–Crippen LogP) is 10.3. The molecule has 7 aromatic rings. The fourth-order valence-electron chi connectivity index (χ4n) is 5.45. The molecule has 0 nitrogen and oxygen atoms in total.